The topological polar surface area (TPSA) is 83.6 Å². The molecule has 0 aliphatic rings. The normalized spacial score (nSPS) is 12.6. The Labute approximate surface area is 108 Å². The minimum atomic E-state index is -3.62. The molecule has 1 rings (SSSR count). The van der Waals surface area contributed by atoms with Crippen molar-refractivity contribution in [2.45, 2.75) is 45.1 Å². The molecule has 0 amide bonds. The molecule has 104 valence electrons. The maximum atomic E-state index is 12.5. The molecule has 0 spiro atoms. The number of aryl methyl sites for hydroxylation is 2. The first-order chi connectivity index (χ1) is 8.32. The van der Waals surface area contributed by atoms with Crippen LogP contribution in [0.1, 0.15) is 31.7 Å². The van der Waals surface area contributed by atoms with Crippen molar-refractivity contribution in [2.75, 3.05) is 13.2 Å². The maximum absolute atomic E-state index is 12.5. The fourth-order valence-corrected chi connectivity index (χ4v) is 3.81. The summed E-state index contributed by atoms with van der Waals surface area (Å²) in [5, 5.41) is 12.5. The van der Waals surface area contributed by atoms with Gasteiger partial charge in [-0.2, -0.15) is 4.31 Å². The molecule has 1 aromatic rings. The van der Waals surface area contributed by atoms with Crippen molar-refractivity contribution in [2.24, 2.45) is 0 Å². The lowest BCUT2D eigenvalue weighted by Gasteiger charge is -2.25. The average Bonchev–Trinajstić information content (AvgIpc) is 2.58. The van der Waals surface area contributed by atoms with E-state index < -0.39 is 10.0 Å². The number of nitrogens with zero attached hydrogens (tertiary/aromatic N) is 2. The van der Waals surface area contributed by atoms with Crippen LogP contribution in [0.5, 0.6) is 0 Å². The summed E-state index contributed by atoms with van der Waals surface area (Å²) < 4.78 is 31.3. The van der Waals surface area contributed by atoms with Crippen LogP contribution in [-0.4, -0.2) is 42.2 Å². The summed E-state index contributed by atoms with van der Waals surface area (Å²) in [7, 11) is -3.62. The third kappa shape index (κ3) is 2.90. The van der Waals surface area contributed by atoms with Crippen LogP contribution in [0, 0.1) is 13.8 Å². The summed E-state index contributed by atoms with van der Waals surface area (Å²) in [5.41, 5.74) is 0.363. The van der Waals surface area contributed by atoms with Gasteiger partial charge in [0.25, 0.3) is 0 Å². The molecule has 0 saturated carbocycles. The molecule has 0 aliphatic carbocycles. The van der Waals surface area contributed by atoms with E-state index in [-0.39, 0.29) is 24.1 Å². The molecule has 6 nitrogen and oxygen atoms in total. The van der Waals surface area contributed by atoms with E-state index in [9.17, 15) is 8.42 Å². The molecule has 1 heterocycles. The van der Waals surface area contributed by atoms with Gasteiger partial charge < -0.3 is 9.63 Å². The number of aromatic nitrogens is 1. The Balaban J connectivity index is 3.17. The predicted octanol–water partition coefficient (Wildman–Crippen LogP) is 1.07. The van der Waals surface area contributed by atoms with Crippen molar-refractivity contribution < 1.29 is 18.0 Å². The second-order valence-electron chi connectivity index (χ2n) is 4.44. The molecule has 0 radical (unpaired) electrons. The molecule has 7 heteroatoms. The summed E-state index contributed by atoms with van der Waals surface area (Å²) >= 11 is 0. The molecule has 0 saturated heterocycles. The van der Waals surface area contributed by atoms with Crippen LogP contribution in [0.3, 0.4) is 0 Å². The molecule has 0 aliphatic heterocycles. The van der Waals surface area contributed by atoms with Crippen molar-refractivity contribution in [1.82, 2.24) is 9.46 Å². The standard InChI is InChI=1S/C11H20N2O4S/c1-8(2)13(6-5-7-14)18(15,16)11-9(3)12-17-10(11)4/h8,14H,5-7H2,1-4H3. The highest BCUT2D eigenvalue weighted by Crippen LogP contribution is 2.24. The zero-order valence-electron chi connectivity index (χ0n) is 11.2. The lowest BCUT2D eigenvalue weighted by atomic mass is 10.3. The van der Waals surface area contributed by atoms with E-state index >= 15 is 0 Å². The van der Waals surface area contributed by atoms with E-state index in [1.807, 2.05) is 0 Å². The molecule has 0 fully saturated rings. The molecule has 0 aromatic carbocycles. The summed E-state index contributed by atoms with van der Waals surface area (Å²) in [6.45, 7) is 7.02. The van der Waals surface area contributed by atoms with Crippen LogP contribution >= 0.6 is 0 Å². The van der Waals surface area contributed by atoms with Gasteiger partial charge in [0.1, 0.15) is 10.6 Å². The number of hydrogen-bond acceptors (Lipinski definition) is 5. The largest absolute Gasteiger partial charge is 0.396 e. The Morgan fingerprint density at radius 1 is 1.39 bits per heavy atom. The number of hydrogen-bond donors (Lipinski definition) is 1. The van der Waals surface area contributed by atoms with E-state index in [1.54, 1.807) is 27.7 Å². The highest BCUT2D eigenvalue weighted by Gasteiger charge is 2.32. The second-order valence-corrected chi connectivity index (χ2v) is 6.27. The van der Waals surface area contributed by atoms with Crippen LogP contribution in [0.15, 0.2) is 9.42 Å². The molecule has 1 N–H and O–H groups in total. The van der Waals surface area contributed by atoms with E-state index in [0.29, 0.717) is 17.9 Å². The first kappa shape index (κ1) is 15.1. The van der Waals surface area contributed by atoms with Crippen molar-refractivity contribution in [1.29, 1.82) is 0 Å². The summed E-state index contributed by atoms with van der Waals surface area (Å²) in [6.07, 6.45) is 0.404. The van der Waals surface area contributed by atoms with Crippen molar-refractivity contribution in [3.8, 4) is 0 Å². The zero-order chi connectivity index (χ0) is 13.9. The lowest BCUT2D eigenvalue weighted by molar-refractivity contribution is 0.258. The Bertz CT molecular complexity index is 474. The fourth-order valence-electron chi connectivity index (χ4n) is 1.84. The summed E-state index contributed by atoms with van der Waals surface area (Å²) in [5.74, 6) is 0.294. The summed E-state index contributed by atoms with van der Waals surface area (Å²) in [6, 6.07) is -0.185. The van der Waals surface area contributed by atoms with E-state index in [2.05, 4.69) is 5.16 Å². The smallest absolute Gasteiger partial charge is 0.248 e. The molecular formula is C11H20N2O4S. The van der Waals surface area contributed by atoms with Gasteiger partial charge in [0.2, 0.25) is 10.0 Å². The van der Waals surface area contributed by atoms with Crippen LogP contribution < -0.4 is 0 Å². The van der Waals surface area contributed by atoms with E-state index in [0.717, 1.165) is 0 Å². The number of aliphatic hydroxyl groups excluding tert-OH is 1. The summed E-state index contributed by atoms with van der Waals surface area (Å²) in [4.78, 5) is 0.133. The fraction of sp³-hybridized carbons (Fsp3) is 0.727. The minimum absolute atomic E-state index is 0.0413. The van der Waals surface area contributed by atoms with Crippen LogP contribution in [0.2, 0.25) is 0 Å². The highest BCUT2D eigenvalue weighted by molar-refractivity contribution is 7.89. The van der Waals surface area contributed by atoms with Gasteiger partial charge in [-0.1, -0.05) is 5.16 Å². The van der Waals surface area contributed by atoms with Gasteiger partial charge in [-0.15, -0.1) is 0 Å². The Hall–Kier alpha value is -0.920. The van der Waals surface area contributed by atoms with Gasteiger partial charge in [-0.3, -0.25) is 0 Å². The van der Waals surface area contributed by atoms with Crippen molar-refractivity contribution in [3.63, 3.8) is 0 Å². The Morgan fingerprint density at radius 3 is 2.39 bits per heavy atom. The van der Waals surface area contributed by atoms with Crippen LogP contribution in [-0.2, 0) is 10.0 Å². The number of rotatable bonds is 6. The molecule has 0 unspecified atom stereocenters. The van der Waals surface area contributed by atoms with E-state index in [4.69, 9.17) is 9.63 Å². The Morgan fingerprint density at radius 2 is 2.00 bits per heavy atom. The van der Waals surface area contributed by atoms with Crippen molar-refractivity contribution in [3.05, 3.63) is 11.5 Å². The predicted molar refractivity (Wildman–Crippen MR) is 66.7 cm³/mol. The van der Waals surface area contributed by atoms with Crippen molar-refractivity contribution >= 4 is 10.0 Å². The van der Waals surface area contributed by atoms with Gasteiger partial charge in [-0.05, 0) is 34.1 Å². The van der Waals surface area contributed by atoms with Crippen LogP contribution in [0.25, 0.3) is 0 Å². The van der Waals surface area contributed by atoms with Gasteiger partial charge in [-0.25, -0.2) is 8.42 Å². The first-order valence-electron chi connectivity index (χ1n) is 5.88. The molecular weight excluding hydrogens is 256 g/mol. The van der Waals surface area contributed by atoms with Gasteiger partial charge in [0, 0.05) is 19.2 Å². The van der Waals surface area contributed by atoms with E-state index in [1.165, 1.54) is 4.31 Å². The van der Waals surface area contributed by atoms with Gasteiger partial charge in [0.05, 0.1) is 0 Å². The Kier molecular flexibility index (Phi) is 4.89. The number of aliphatic hydroxyl groups is 1. The van der Waals surface area contributed by atoms with Gasteiger partial charge in [0.15, 0.2) is 5.76 Å². The maximum Gasteiger partial charge on any atom is 0.248 e. The average molecular weight is 276 g/mol. The lowest BCUT2D eigenvalue weighted by Crippen LogP contribution is -2.38. The minimum Gasteiger partial charge on any atom is -0.396 e. The molecule has 1 aromatic heterocycles. The second kappa shape index (κ2) is 5.81. The zero-order valence-corrected chi connectivity index (χ0v) is 12.0. The molecule has 0 atom stereocenters. The SMILES string of the molecule is Cc1noc(C)c1S(=O)(=O)N(CCCO)C(C)C. The quantitative estimate of drug-likeness (QED) is 0.840. The molecule has 18 heavy (non-hydrogen) atoms. The molecule has 0 bridgehead atoms. The first-order valence-corrected chi connectivity index (χ1v) is 7.32. The number of sulfonamides is 1. The highest BCUT2D eigenvalue weighted by atomic mass is 32.2. The third-order valence-corrected chi connectivity index (χ3v) is 4.97. The monoisotopic (exact) mass is 276 g/mol. The van der Waals surface area contributed by atoms with Gasteiger partial charge >= 0.3 is 0 Å². The third-order valence-electron chi connectivity index (χ3n) is 2.65. The van der Waals surface area contributed by atoms with Crippen LogP contribution in [0.4, 0.5) is 0 Å².